The van der Waals surface area contributed by atoms with Crippen LogP contribution in [-0.4, -0.2) is 55.5 Å². The van der Waals surface area contributed by atoms with E-state index in [0.29, 0.717) is 36.1 Å². The highest BCUT2D eigenvalue weighted by Crippen LogP contribution is 2.66. The van der Waals surface area contributed by atoms with E-state index in [1.165, 1.54) is 11.0 Å². The van der Waals surface area contributed by atoms with Gasteiger partial charge in [0.1, 0.15) is 28.9 Å². The van der Waals surface area contributed by atoms with Crippen LogP contribution in [0.1, 0.15) is 87.7 Å². The van der Waals surface area contributed by atoms with Crippen LogP contribution >= 0.6 is 0 Å². The molecule has 5 rings (SSSR count). The fraction of sp³-hybridized carbons (Fsp3) is 0.643. The number of carbonyl (C=O) groups is 4. The predicted octanol–water partition coefficient (Wildman–Crippen LogP) is 3.78. The van der Waals surface area contributed by atoms with Crippen LogP contribution in [-0.2, 0) is 27.3 Å². The summed E-state index contributed by atoms with van der Waals surface area (Å²) in [6, 6.07) is 0.0983. The average molecular weight is 514 g/mol. The van der Waals surface area contributed by atoms with Crippen LogP contribution in [0.2, 0.25) is 0 Å². The maximum atomic E-state index is 13.3. The lowest BCUT2D eigenvalue weighted by molar-refractivity contribution is -0.188. The Kier molecular flexibility index (Phi) is 5.66. The first-order valence-corrected chi connectivity index (χ1v) is 13.1. The van der Waals surface area contributed by atoms with Crippen molar-refractivity contribution in [2.75, 3.05) is 0 Å². The highest BCUT2D eigenvalue weighted by Gasteiger charge is 2.67. The monoisotopic (exact) mass is 513 g/mol. The van der Waals surface area contributed by atoms with E-state index in [-0.39, 0.29) is 53.7 Å². The van der Waals surface area contributed by atoms with Crippen molar-refractivity contribution in [3.63, 3.8) is 0 Å². The molecule has 0 bridgehead atoms. The molecule has 0 aromatic heterocycles. The van der Waals surface area contributed by atoms with Crippen LogP contribution in [0, 0.1) is 22.7 Å². The number of rotatable bonds is 5. The molecular weight excluding hydrogens is 478 g/mol. The number of carboxylic acid groups (broad SMARTS) is 2. The van der Waals surface area contributed by atoms with Crippen molar-refractivity contribution in [3.8, 4) is 11.5 Å². The summed E-state index contributed by atoms with van der Waals surface area (Å²) in [5.74, 6) is -2.07. The lowest BCUT2D eigenvalue weighted by Crippen LogP contribution is -2.66. The summed E-state index contributed by atoms with van der Waals surface area (Å²) in [5.41, 5.74) is -0.148. The third kappa shape index (κ3) is 3.42. The zero-order valence-corrected chi connectivity index (χ0v) is 21.8. The number of hydrogen-bond acceptors (Lipinski definition) is 6. The first-order valence-electron chi connectivity index (χ1n) is 13.1. The molecule has 200 valence electrons. The third-order valence-corrected chi connectivity index (χ3v) is 10.2. The molecule has 9 nitrogen and oxygen atoms in total. The van der Waals surface area contributed by atoms with Crippen molar-refractivity contribution < 1.29 is 39.2 Å². The van der Waals surface area contributed by atoms with E-state index in [1.807, 2.05) is 13.8 Å². The summed E-state index contributed by atoms with van der Waals surface area (Å²) in [6.45, 7) is 8.38. The van der Waals surface area contributed by atoms with Gasteiger partial charge in [-0.05, 0) is 43.6 Å². The molecule has 1 amide bonds. The van der Waals surface area contributed by atoms with E-state index >= 15 is 0 Å². The standard InChI is InChI=1S/C28H35NO8/c1-14-5-7-20-26(2,3)21(31)9-10-27(20,4)28(14)12-16-19(30)11-15-17(23(16)37-28)13-29(24(15)34)18(25(35)36)6-8-22(32)33/h11,14,18,20,30H,5-10,12-13H2,1-4H3,(H,32,33)(H,35,36)/t14-,18-,20+,27-,28-/m0/s1. The van der Waals surface area contributed by atoms with E-state index in [1.54, 1.807) is 0 Å². The van der Waals surface area contributed by atoms with E-state index in [4.69, 9.17) is 9.84 Å². The minimum Gasteiger partial charge on any atom is -0.508 e. The van der Waals surface area contributed by atoms with Gasteiger partial charge in [0.2, 0.25) is 0 Å². The molecule has 1 aromatic rings. The molecule has 2 saturated carbocycles. The van der Waals surface area contributed by atoms with Gasteiger partial charge in [-0.3, -0.25) is 14.4 Å². The van der Waals surface area contributed by atoms with Gasteiger partial charge in [-0.1, -0.05) is 27.7 Å². The smallest absolute Gasteiger partial charge is 0.326 e. The molecule has 0 saturated heterocycles. The van der Waals surface area contributed by atoms with Gasteiger partial charge >= 0.3 is 11.9 Å². The Morgan fingerprint density at radius 2 is 1.86 bits per heavy atom. The number of Topliss-reactive ketones (excluding diaryl/α,β-unsaturated/α-hetero) is 1. The van der Waals surface area contributed by atoms with Crippen LogP contribution in [0.25, 0.3) is 0 Å². The van der Waals surface area contributed by atoms with Crippen molar-refractivity contribution in [2.24, 2.45) is 22.7 Å². The summed E-state index contributed by atoms with van der Waals surface area (Å²) in [4.78, 5) is 50.4. The van der Waals surface area contributed by atoms with Gasteiger partial charge in [-0.15, -0.1) is 0 Å². The number of amides is 1. The Labute approximate surface area is 215 Å². The second-order valence-corrected chi connectivity index (χ2v) is 12.2. The molecule has 37 heavy (non-hydrogen) atoms. The van der Waals surface area contributed by atoms with E-state index < -0.39 is 34.9 Å². The number of phenolic OH excluding ortho intramolecular Hbond substituents is 1. The van der Waals surface area contributed by atoms with E-state index in [2.05, 4.69) is 13.8 Å². The molecule has 0 radical (unpaired) electrons. The number of aliphatic carboxylic acids is 2. The molecule has 3 N–H and O–H groups in total. The third-order valence-electron chi connectivity index (χ3n) is 10.2. The number of ketones is 1. The maximum Gasteiger partial charge on any atom is 0.326 e. The van der Waals surface area contributed by atoms with Crippen molar-refractivity contribution in [3.05, 3.63) is 22.8 Å². The zero-order chi connectivity index (χ0) is 27.1. The second kappa shape index (κ2) is 8.20. The highest BCUT2D eigenvalue weighted by atomic mass is 16.5. The predicted molar refractivity (Wildman–Crippen MR) is 131 cm³/mol. The van der Waals surface area contributed by atoms with Crippen LogP contribution < -0.4 is 4.74 Å². The van der Waals surface area contributed by atoms with E-state index in [0.717, 1.165) is 12.8 Å². The molecule has 5 atom stereocenters. The number of benzene rings is 1. The van der Waals surface area contributed by atoms with Gasteiger partial charge in [-0.2, -0.15) is 0 Å². The Balaban J connectivity index is 1.55. The minimum atomic E-state index is -1.30. The molecule has 2 heterocycles. The number of carboxylic acids is 2. The molecule has 4 aliphatic rings. The summed E-state index contributed by atoms with van der Waals surface area (Å²) >= 11 is 0. The SMILES string of the molecule is C[C@H]1CC[C@@H]2C(C)(C)C(=O)CC[C@]2(C)[C@]12Cc1c(O)cc3c(c1O2)CN([C@@H](CCC(=O)O)C(=O)O)C3=O. The maximum absolute atomic E-state index is 13.3. The molecule has 2 aliphatic heterocycles. The number of ether oxygens (including phenoxy) is 1. The quantitative estimate of drug-likeness (QED) is 0.540. The molecule has 9 heteroatoms. The Bertz CT molecular complexity index is 1220. The Morgan fingerprint density at radius 3 is 2.51 bits per heavy atom. The number of fused-ring (bicyclic) bond motifs is 5. The summed E-state index contributed by atoms with van der Waals surface area (Å²) in [6.07, 6.45) is 2.79. The van der Waals surface area contributed by atoms with Gasteiger partial charge in [0.25, 0.3) is 5.91 Å². The molecule has 2 aliphatic carbocycles. The summed E-state index contributed by atoms with van der Waals surface area (Å²) < 4.78 is 6.92. The average Bonchev–Trinajstić information content (AvgIpc) is 3.36. The summed E-state index contributed by atoms with van der Waals surface area (Å²) in [5, 5.41) is 29.9. The van der Waals surface area contributed by atoms with Crippen LogP contribution in [0.5, 0.6) is 11.5 Å². The van der Waals surface area contributed by atoms with Gasteiger partial charge < -0.3 is 25.0 Å². The largest absolute Gasteiger partial charge is 0.508 e. The van der Waals surface area contributed by atoms with Crippen LogP contribution in [0.3, 0.4) is 0 Å². The van der Waals surface area contributed by atoms with Gasteiger partial charge in [-0.25, -0.2) is 4.79 Å². The number of nitrogens with zero attached hydrogens (tertiary/aromatic N) is 1. The lowest BCUT2D eigenvalue weighted by Gasteiger charge is -2.62. The van der Waals surface area contributed by atoms with Crippen molar-refractivity contribution in [1.29, 1.82) is 0 Å². The number of phenols is 1. The van der Waals surface area contributed by atoms with Gasteiger partial charge in [0.05, 0.1) is 12.1 Å². The van der Waals surface area contributed by atoms with Gasteiger partial charge in [0, 0.05) is 41.2 Å². The van der Waals surface area contributed by atoms with Crippen LogP contribution in [0.15, 0.2) is 6.07 Å². The Hall–Kier alpha value is -3.10. The molecule has 1 spiro atoms. The van der Waals surface area contributed by atoms with Crippen LogP contribution in [0.4, 0.5) is 0 Å². The Morgan fingerprint density at radius 1 is 1.16 bits per heavy atom. The van der Waals surface area contributed by atoms with Gasteiger partial charge in [0.15, 0.2) is 0 Å². The highest BCUT2D eigenvalue weighted by molar-refractivity contribution is 6.02. The molecular formula is C28H35NO8. The van der Waals surface area contributed by atoms with Crippen molar-refractivity contribution in [2.45, 2.75) is 90.8 Å². The normalized spacial score (nSPS) is 32.5. The van der Waals surface area contributed by atoms with E-state index in [9.17, 15) is 29.4 Å². The second-order valence-electron chi connectivity index (χ2n) is 12.2. The fourth-order valence-corrected chi connectivity index (χ4v) is 8.03. The number of carbonyl (C=O) groups excluding carboxylic acids is 2. The topological polar surface area (TPSA) is 141 Å². The lowest BCUT2D eigenvalue weighted by atomic mass is 9.44. The first kappa shape index (κ1) is 25.5. The number of aromatic hydroxyl groups is 1. The molecule has 1 aromatic carbocycles. The molecule has 0 unspecified atom stereocenters. The van der Waals surface area contributed by atoms with Crippen molar-refractivity contribution in [1.82, 2.24) is 4.90 Å². The molecule has 2 fully saturated rings. The minimum absolute atomic E-state index is 0.0258. The van der Waals surface area contributed by atoms with Crippen molar-refractivity contribution >= 4 is 23.6 Å². The number of hydrogen-bond donors (Lipinski definition) is 3. The fourth-order valence-electron chi connectivity index (χ4n) is 8.03. The zero-order valence-electron chi connectivity index (χ0n) is 21.8. The summed E-state index contributed by atoms with van der Waals surface area (Å²) in [7, 11) is 0. The first-order chi connectivity index (χ1) is 17.2.